The molecule has 0 saturated heterocycles. The van der Waals surface area contributed by atoms with Crippen LogP contribution in [0.3, 0.4) is 0 Å². The average molecular weight is 340 g/mol. The molecule has 0 aromatic heterocycles. The van der Waals surface area contributed by atoms with E-state index in [4.69, 9.17) is 4.74 Å². The number of benzene rings is 1. The second-order valence-corrected chi connectivity index (χ2v) is 8.26. The Labute approximate surface area is 140 Å². The van der Waals surface area contributed by atoms with E-state index in [9.17, 15) is 8.78 Å². The molecule has 23 heavy (non-hydrogen) atoms. The lowest BCUT2D eigenvalue weighted by atomic mass is 9.71. The van der Waals surface area contributed by atoms with Gasteiger partial charge in [0.1, 0.15) is 0 Å². The summed E-state index contributed by atoms with van der Waals surface area (Å²) in [5.74, 6) is 0.605. The monoisotopic (exact) mass is 340 g/mol. The first-order chi connectivity index (χ1) is 11.1. The topological polar surface area (TPSA) is 9.23 Å². The van der Waals surface area contributed by atoms with Crippen LogP contribution in [0, 0.1) is 29.4 Å². The van der Waals surface area contributed by atoms with Crippen molar-refractivity contribution in [3.63, 3.8) is 0 Å². The molecule has 128 valence electrons. The van der Waals surface area contributed by atoms with E-state index in [-0.39, 0.29) is 5.75 Å². The van der Waals surface area contributed by atoms with E-state index in [1.54, 1.807) is 0 Å². The van der Waals surface area contributed by atoms with Gasteiger partial charge in [0, 0.05) is 0 Å². The highest BCUT2D eigenvalue weighted by molar-refractivity contribution is 7.17. The van der Waals surface area contributed by atoms with E-state index >= 15 is 0 Å². The maximum atomic E-state index is 13.6. The first-order valence-electron chi connectivity index (χ1n) is 8.96. The van der Waals surface area contributed by atoms with Crippen molar-refractivity contribution >= 4 is 9.24 Å². The largest absolute Gasteiger partial charge is 0.490 e. The van der Waals surface area contributed by atoms with Crippen LogP contribution >= 0.6 is 9.24 Å². The molecule has 1 aromatic carbocycles. The van der Waals surface area contributed by atoms with E-state index < -0.39 is 11.6 Å². The molecule has 3 rings (SSSR count). The van der Waals surface area contributed by atoms with E-state index in [2.05, 4.69) is 9.24 Å². The molecule has 1 aromatic rings. The van der Waals surface area contributed by atoms with Gasteiger partial charge in [0.2, 0.25) is 5.82 Å². The van der Waals surface area contributed by atoms with Gasteiger partial charge in [0.05, 0.1) is 6.61 Å². The van der Waals surface area contributed by atoms with Crippen LogP contribution in [0.25, 0.3) is 0 Å². The molecule has 1 atom stereocenters. The van der Waals surface area contributed by atoms with Crippen molar-refractivity contribution in [1.82, 2.24) is 0 Å². The summed E-state index contributed by atoms with van der Waals surface area (Å²) in [4.78, 5) is 0. The van der Waals surface area contributed by atoms with Crippen molar-refractivity contribution in [3.8, 4) is 5.75 Å². The Bertz CT molecular complexity index is 506. The highest BCUT2D eigenvalue weighted by Gasteiger charge is 2.30. The molecule has 2 saturated carbocycles. The quantitative estimate of drug-likeness (QED) is 0.650. The van der Waals surface area contributed by atoms with Crippen molar-refractivity contribution in [1.29, 1.82) is 0 Å². The zero-order valence-corrected chi connectivity index (χ0v) is 14.8. The minimum atomic E-state index is -0.865. The summed E-state index contributed by atoms with van der Waals surface area (Å²) < 4.78 is 32.3. The standard InChI is InChI=1S/C19H27F2OP/c20-17-2-1-3-18(19(17)21)22-12-13-4-6-14(7-5-13)15-8-10-16(23)11-9-15/h1-3,13-16H,4-12,23H2. The summed E-state index contributed by atoms with van der Waals surface area (Å²) in [5.41, 5.74) is 0.831. The molecule has 0 aliphatic heterocycles. The third-order valence-electron chi connectivity index (χ3n) is 5.77. The van der Waals surface area contributed by atoms with Crippen LogP contribution in [0.4, 0.5) is 8.78 Å². The van der Waals surface area contributed by atoms with Crippen molar-refractivity contribution in [3.05, 3.63) is 29.8 Å². The maximum Gasteiger partial charge on any atom is 0.200 e. The van der Waals surface area contributed by atoms with Gasteiger partial charge in [0.15, 0.2) is 11.6 Å². The predicted molar refractivity (Wildman–Crippen MR) is 92.8 cm³/mol. The number of rotatable bonds is 4. The fourth-order valence-corrected chi connectivity index (χ4v) is 4.63. The molecular weight excluding hydrogens is 313 g/mol. The number of hydrogen-bond acceptors (Lipinski definition) is 1. The number of hydrogen-bond donors (Lipinski definition) is 0. The van der Waals surface area contributed by atoms with Crippen LogP contribution in [0.1, 0.15) is 51.4 Å². The van der Waals surface area contributed by atoms with E-state index in [1.807, 2.05) is 0 Å². The Morgan fingerprint density at radius 3 is 2.17 bits per heavy atom. The highest BCUT2D eigenvalue weighted by atomic mass is 31.0. The van der Waals surface area contributed by atoms with E-state index in [0.29, 0.717) is 12.5 Å². The molecule has 1 nitrogen and oxygen atoms in total. The van der Waals surface area contributed by atoms with Gasteiger partial charge in [-0.1, -0.05) is 6.07 Å². The number of ether oxygens (including phenoxy) is 1. The molecule has 2 aliphatic carbocycles. The Kier molecular flexibility index (Phi) is 5.91. The second-order valence-electron chi connectivity index (χ2n) is 7.32. The summed E-state index contributed by atoms with van der Waals surface area (Å²) in [6.45, 7) is 0.505. The van der Waals surface area contributed by atoms with E-state index in [1.165, 1.54) is 50.7 Å². The van der Waals surface area contributed by atoms with Crippen LogP contribution in [0.15, 0.2) is 18.2 Å². The van der Waals surface area contributed by atoms with Crippen LogP contribution < -0.4 is 4.74 Å². The van der Waals surface area contributed by atoms with Crippen LogP contribution in [0.2, 0.25) is 0 Å². The Morgan fingerprint density at radius 1 is 0.913 bits per heavy atom. The Balaban J connectivity index is 1.43. The predicted octanol–water partition coefficient (Wildman–Crippen LogP) is 5.58. The van der Waals surface area contributed by atoms with Crippen LogP contribution in [0.5, 0.6) is 5.75 Å². The molecule has 0 amide bonds. The smallest absolute Gasteiger partial charge is 0.200 e. The van der Waals surface area contributed by atoms with Gasteiger partial charge in [-0.2, -0.15) is 4.39 Å². The molecule has 1 unspecified atom stereocenters. The average Bonchev–Trinajstić information content (AvgIpc) is 2.57. The van der Waals surface area contributed by atoms with Crippen molar-refractivity contribution < 1.29 is 13.5 Å². The fraction of sp³-hybridized carbons (Fsp3) is 0.684. The molecule has 2 fully saturated rings. The van der Waals surface area contributed by atoms with Crippen molar-refractivity contribution in [2.24, 2.45) is 17.8 Å². The summed E-state index contributed by atoms with van der Waals surface area (Å²) in [5, 5.41) is 0. The Morgan fingerprint density at radius 2 is 1.52 bits per heavy atom. The van der Waals surface area contributed by atoms with Gasteiger partial charge in [0.25, 0.3) is 0 Å². The minimum Gasteiger partial charge on any atom is -0.490 e. The van der Waals surface area contributed by atoms with Crippen LogP contribution in [-0.4, -0.2) is 12.3 Å². The van der Waals surface area contributed by atoms with Crippen molar-refractivity contribution in [2.45, 2.75) is 57.0 Å². The summed E-state index contributed by atoms with van der Waals surface area (Å²) in [6.07, 6.45) is 10.3. The first-order valence-corrected chi connectivity index (χ1v) is 9.62. The van der Waals surface area contributed by atoms with Crippen LogP contribution in [-0.2, 0) is 0 Å². The Hall–Kier alpha value is -0.690. The molecule has 0 N–H and O–H groups in total. The second kappa shape index (κ2) is 7.92. The SMILES string of the molecule is Fc1cccc(OCC2CCC(C3CCC(P)CC3)CC2)c1F. The molecular formula is C19H27F2OP. The van der Waals surface area contributed by atoms with Gasteiger partial charge in [-0.05, 0) is 86.9 Å². The van der Waals surface area contributed by atoms with Gasteiger partial charge < -0.3 is 4.74 Å². The van der Waals surface area contributed by atoms with Crippen molar-refractivity contribution in [2.75, 3.05) is 6.61 Å². The summed E-state index contributed by atoms with van der Waals surface area (Å²) in [7, 11) is 2.97. The normalized spacial score (nSPS) is 31.8. The fourth-order valence-electron chi connectivity index (χ4n) is 4.25. The van der Waals surface area contributed by atoms with Gasteiger partial charge >= 0.3 is 0 Å². The van der Waals surface area contributed by atoms with Gasteiger partial charge in [-0.3, -0.25) is 0 Å². The molecule has 0 radical (unpaired) electrons. The lowest BCUT2D eigenvalue weighted by Gasteiger charge is -2.37. The molecule has 0 spiro atoms. The molecule has 2 aliphatic rings. The van der Waals surface area contributed by atoms with E-state index in [0.717, 1.165) is 36.4 Å². The maximum absolute atomic E-state index is 13.6. The summed E-state index contributed by atoms with van der Waals surface area (Å²) in [6, 6.07) is 4.12. The third kappa shape index (κ3) is 4.44. The first kappa shape index (κ1) is 17.1. The molecule has 4 heteroatoms. The molecule has 0 heterocycles. The highest BCUT2D eigenvalue weighted by Crippen LogP contribution is 2.41. The lowest BCUT2D eigenvalue weighted by molar-refractivity contribution is 0.134. The van der Waals surface area contributed by atoms with Gasteiger partial charge in [-0.15, -0.1) is 9.24 Å². The summed E-state index contributed by atoms with van der Waals surface area (Å²) >= 11 is 0. The van der Waals surface area contributed by atoms with Gasteiger partial charge in [-0.25, -0.2) is 4.39 Å². The zero-order valence-electron chi connectivity index (χ0n) is 13.6. The minimum absolute atomic E-state index is 0.0471. The third-order valence-corrected chi connectivity index (χ3v) is 6.43. The lowest BCUT2D eigenvalue weighted by Crippen LogP contribution is -2.27. The zero-order chi connectivity index (χ0) is 16.2. The molecule has 0 bridgehead atoms. The number of halogens is 2.